The number of benzene rings is 1. The van der Waals surface area contributed by atoms with Crippen molar-refractivity contribution in [3.63, 3.8) is 0 Å². The fraction of sp³-hybridized carbons (Fsp3) is 0.357. The van der Waals surface area contributed by atoms with Gasteiger partial charge in [0.05, 0.1) is 39.0 Å². The van der Waals surface area contributed by atoms with Crippen molar-refractivity contribution >= 4 is 23.5 Å². The number of carbonyl (C=O) groups excluding carboxylic acids is 3. The number of methoxy groups -OCH3 is 3. The molecule has 1 aromatic rings. The van der Waals surface area contributed by atoms with E-state index in [0.717, 1.165) is 0 Å². The van der Waals surface area contributed by atoms with E-state index >= 15 is 0 Å². The lowest BCUT2D eigenvalue weighted by Gasteiger charge is -2.11. The second-order valence-corrected chi connectivity index (χ2v) is 4.03. The first kappa shape index (κ1) is 16.5. The van der Waals surface area contributed by atoms with Crippen molar-refractivity contribution in [3.05, 3.63) is 23.8 Å². The van der Waals surface area contributed by atoms with Crippen molar-refractivity contribution in [1.29, 1.82) is 0 Å². The molecule has 0 unspecified atom stereocenters. The number of rotatable bonds is 6. The van der Waals surface area contributed by atoms with Crippen LogP contribution in [0.15, 0.2) is 18.2 Å². The molecule has 0 fully saturated rings. The zero-order valence-corrected chi connectivity index (χ0v) is 12.1. The van der Waals surface area contributed by atoms with E-state index in [1.54, 1.807) is 6.07 Å². The Morgan fingerprint density at radius 3 is 2.33 bits per heavy atom. The molecule has 0 bridgehead atoms. The topological polar surface area (TPSA) is 90.9 Å². The minimum atomic E-state index is -0.582. The van der Waals surface area contributed by atoms with Crippen LogP contribution in [0, 0.1) is 0 Å². The lowest BCUT2D eigenvalue weighted by molar-refractivity contribution is -0.141. The molecule has 1 rings (SSSR count). The zero-order chi connectivity index (χ0) is 15.8. The molecule has 7 nitrogen and oxygen atoms in total. The van der Waals surface area contributed by atoms with Crippen LogP contribution in [0.1, 0.15) is 23.2 Å². The molecule has 1 N–H and O–H groups in total. The maximum absolute atomic E-state index is 11.8. The first-order valence-corrected chi connectivity index (χ1v) is 6.14. The highest BCUT2D eigenvalue weighted by atomic mass is 16.5. The van der Waals surface area contributed by atoms with E-state index in [9.17, 15) is 14.4 Å². The molecule has 0 aliphatic carbocycles. The number of hydrogen-bond donors (Lipinski definition) is 1. The highest BCUT2D eigenvalue weighted by Crippen LogP contribution is 2.23. The summed E-state index contributed by atoms with van der Waals surface area (Å²) in [6.45, 7) is 0. The quantitative estimate of drug-likeness (QED) is 0.797. The second-order valence-electron chi connectivity index (χ2n) is 4.03. The van der Waals surface area contributed by atoms with Crippen LogP contribution in [-0.4, -0.2) is 39.2 Å². The number of carbonyl (C=O) groups is 3. The Kier molecular flexibility index (Phi) is 6.19. The molecule has 21 heavy (non-hydrogen) atoms. The first-order chi connectivity index (χ1) is 10.0. The summed E-state index contributed by atoms with van der Waals surface area (Å²) in [4.78, 5) is 34.4. The first-order valence-electron chi connectivity index (χ1n) is 6.14. The fourth-order valence-electron chi connectivity index (χ4n) is 1.57. The van der Waals surface area contributed by atoms with Gasteiger partial charge in [-0.25, -0.2) is 4.79 Å². The van der Waals surface area contributed by atoms with Gasteiger partial charge in [0.25, 0.3) is 0 Å². The molecule has 1 amide bonds. The standard InChI is InChI=1S/C14H17NO6/c1-19-9-4-5-10(14(18)21-3)11(8-9)15-12(16)6-7-13(17)20-2/h4-5,8H,6-7H2,1-3H3,(H,15,16). The van der Waals surface area contributed by atoms with Crippen molar-refractivity contribution in [2.24, 2.45) is 0 Å². The van der Waals surface area contributed by atoms with E-state index < -0.39 is 17.8 Å². The Balaban J connectivity index is 2.86. The monoisotopic (exact) mass is 295 g/mol. The minimum absolute atomic E-state index is 0.0418. The molecule has 0 saturated heterocycles. The van der Waals surface area contributed by atoms with Crippen molar-refractivity contribution < 1.29 is 28.6 Å². The Labute approximate surface area is 122 Å². The van der Waals surface area contributed by atoms with Gasteiger partial charge in [-0.05, 0) is 12.1 Å². The van der Waals surface area contributed by atoms with E-state index in [1.807, 2.05) is 0 Å². The maximum Gasteiger partial charge on any atom is 0.339 e. The van der Waals surface area contributed by atoms with Crippen LogP contribution in [0.25, 0.3) is 0 Å². The average Bonchev–Trinajstić information content (AvgIpc) is 2.51. The Morgan fingerprint density at radius 1 is 1.05 bits per heavy atom. The molecule has 0 saturated carbocycles. The van der Waals surface area contributed by atoms with Gasteiger partial charge >= 0.3 is 11.9 Å². The molecule has 114 valence electrons. The molecule has 0 aliphatic rings. The molecule has 0 atom stereocenters. The summed E-state index contributed by atoms with van der Waals surface area (Å²) in [5.41, 5.74) is 0.459. The third kappa shape index (κ3) is 4.79. The van der Waals surface area contributed by atoms with Crippen LogP contribution < -0.4 is 10.1 Å². The zero-order valence-electron chi connectivity index (χ0n) is 12.1. The van der Waals surface area contributed by atoms with Crippen LogP contribution in [0.2, 0.25) is 0 Å². The van der Waals surface area contributed by atoms with Crippen LogP contribution in [0.5, 0.6) is 5.75 Å². The number of anilines is 1. The molecule has 0 heterocycles. The summed E-state index contributed by atoms with van der Waals surface area (Å²) in [6, 6.07) is 4.57. The van der Waals surface area contributed by atoms with Crippen molar-refractivity contribution in [2.45, 2.75) is 12.8 Å². The van der Waals surface area contributed by atoms with Gasteiger partial charge in [0.2, 0.25) is 5.91 Å². The Morgan fingerprint density at radius 2 is 1.76 bits per heavy atom. The third-order valence-electron chi connectivity index (χ3n) is 2.69. The largest absolute Gasteiger partial charge is 0.497 e. The van der Waals surface area contributed by atoms with E-state index in [-0.39, 0.29) is 24.1 Å². The van der Waals surface area contributed by atoms with E-state index in [2.05, 4.69) is 14.8 Å². The van der Waals surface area contributed by atoms with Gasteiger partial charge in [-0.2, -0.15) is 0 Å². The van der Waals surface area contributed by atoms with E-state index in [1.165, 1.54) is 33.5 Å². The Bertz CT molecular complexity index is 540. The summed E-state index contributed by atoms with van der Waals surface area (Å²) in [5, 5.41) is 2.55. The van der Waals surface area contributed by atoms with Crippen LogP contribution >= 0.6 is 0 Å². The molecule has 0 aliphatic heterocycles. The normalized spacial score (nSPS) is 9.67. The van der Waals surface area contributed by atoms with Gasteiger partial charge in [0.1, 0.15) is 5.75 Å². The van der Waals surface area contributed by atoms with Gasteiger partial charge in [-0.1, -0.05) is 0 Å². The lowest BCUT2D eigenvalue weighted by atomic mass is 10.1. The number of hydrogen-bond acceptors (Lipinski definition) is 6. The molecule has 0 spiro atoms. The number of amides is 1. The summed E-state index contributed by atoms with van der Waals surface area (Å²) in [6.07, 6.45) is -0.0929. The average molecular weight is 295 g/mol. The fourth-order valence-corrected chi connectivity index (χ4v) is 1.57. The molecule has 7 heteroatoms. The van der Waals surface area contributed by atoms with Crippen LogP contribution in [0.4, 0.5) is 5.69 Å². The van der Waals surface area contributed by atoms with Gasteiger partial charge in [-0.3, -0.25) is 9.59 Å². The number of ether oxygens (including phenoxy) is 3. The Hall–Kier alpha value is -2.57. The number of nitrogens with one attached hydrogen (secondary N) is 1. The van der Waals surface area contributed by atoms with E-state index in [0.29, 0.717) is 5.75 Å². The summed E-state index contributed by atoms with van der Waals surface area (Å²) < 4.78 is 14.1. The molecular weight excluding hydrogens is 278 g/mol. The van der Waals surface area contributed by atoms with Crippen LogP contribution in [0.3, 0.4) is 0 Å². The van der Waals surface area contributed by atoms with Gasteiger partial charge in [0, 0.05) is 12.5 Å². The highest BCUT2D eigenvalue weighted by Gasteiger charge is 2.15. The van der Waals surface area contributed by atoms with Crippen molar-refractivity contribution in [1.82, 2.24) is 0 Å². The lowest BCUT2D eigenvalue weighted by Crippen LogP contribution is -2.16. The number of esters is 2. The minimum Gasteiger partial charge on any atom is -0.497 e. The third-order valence-corrected chi connectivity index (χ3v) is 2.69. The van der Waals surface area contributed by atoms with Gasteiger partial charge in [-0.15, -0.1) is 0 Å². The van der Waals surface area contributed by atoms with E-state index in [4.69, 9.17) is 4.74 Å². The van der Waals surface area contributed by atoms with Crippen molar-refractivity contribution in [2.75, 3.05) is 26.6 Å². The molecular formula is C14H17NO6. The molecule has 0 aromatic heterocycles. The maximum atomic E-state index is 11.8. The van der Waals surface area contributed by atoms with Gasteiger partial charge < -0.3 is 19.5 Å². The summed E-state index contributed by atoms with van der Waals surface area (Å²) in [7, 11) is 3.96. The van der Waals surface area contributed by atoms with Gasteiger partial charge in [0.15, 0.2) is 0 Å². The van der Waals surface area contributed by atoms with Crippen molar-refractivity contribution in [3.8, 4) is 5.75 Å². The molecule has 0 radical (unpaired) electrons. The second kappa shape index (κ2) is 7.88. The summed E-state index contributed by atoms with van der Waals surface area (Å²) >= 11 is 0. The SMILES string of the molecule is COC(=O)CCC(=O)Nc1cc(OC)ccc1C(=O)OC. The smallest absolute Gasteiger partial charge is 0.339 e. The molecule has 1 aromatic carbocycles. The summed E-state index contributed by atoms with van der Waals surface area (Å²) in [5.74, 6) is -1.00. The predicted octanol–water partition coefficient (Wildman–Crippen LogP) is 1.37. The highest BCUT2D eigenvalue weighted by molar-refractivity contribution is 6.02. The van der Waals surface area contributed by atoms with Crippen LogP contribution in [-0.2, 0) is 19.1 Å². The predicted molar refractivity (Wildman–Crippen MR) is 74.2 cm³/mol.